The molecule has 0 spiro atoms. The van der Waals surface area contributed by atoms with E-state index >= 15 is 0 Å². The average Bonchev–Trinajstić information content (AvgIpc) is 3.11. The number of ether oxygens (including phenoxy) is 2. The van der Waals surface area contributed by atoms with Gasteiger partial charge in [-0.3, -0.25) is 9.59 Å². The first-order chi connectivity index (χ1) is 23.1. The summed E-state index contributed by atoms with van der Waals surface area (Å²) in [5, 5.41) is 12.1. The van der Waals surface area contributed by atoms with Crippen molar-refractivity contribution in [3.05, 3.63) is 0 Å². The largest absolute Gasteiger partial charge is 0.465 e. The van der Waals surface area contributed by atoms with Crippen LogP contribution >= 0.6 is 0 Å². The second-order valence-corrected chi connectivity index (χ2v) is 14.4. The van der Waals surface area contributed by atoms with Crippen molar-refractivity contribution >= 4 is 11.9 Å². The number of carbonyl (C=O) groups is 2. The molecular formula is C42H89NO6. The van der Waals surface area contributed by atoms with Crippen LogP contribution < -0.4 is 0 Å². The minimum Gasteiger partial charge on any atom is -0.465 e. The molecule has 0 heterocycles. The summed E-state index contributed by atoms with van der Waals surface area (Å²) in [5.74, 6) is -1.43. The molecule has 49 heavy (non-hydrogen) atoms. The summed E-state index contributed by atoms with van der Waals surface area (Å²) in [6.45, 7) is 31.3. The fraction of sp³-hybridized carbons (Fsp3) is 0.952. The van der Waals surface area contributed by atoms with Crippen molar-refractivity contribution in [1.82, 2.24) is 5.06 Å². The molecule has 0 rings (SSSR count). The molecule has 0 fully saturated rings. The van der Waals surface area contributed by atoms with Crippen LogP contribution in [0.25, 0.3) is 0 Å². The van der Waals surface area contributed by atoms with Gasteiger partial charge in [-0.1, -0.05) is 153 Å². The smallest absolute Gasteiger partial charge is 0.322 e. The topological polar surface area (TPSA) is 85.3 Å². The van der Waals surface area contributed by atoms with Crippen LogP contribution in [0.3, 0.4) is 0 Å². The first kappa shape index (κ1) is 54.6. The van der Waals surface area contributed by atoms with E-state index in [1.165, 1.54) is 77.6 Å². The first-order valence-electron chi connectivity index (χ1n) is 20.6. The van der Waals surface area contributed by atoms with E-state index in [1.54, 1.807) is 0 Å². The summed E-state index contributed by atoms with van der Waals surface area (Å²) in [6.07, 6.45) is 21.1. The van der Waals surface area contributed by atoms with Crippen LogP contribution in [-0.4, -0.2) is 52.7 Å². The predicted molar refractivity (Wildman–Crippen MR) is 212 cm³/mol. The molecule has 298 valence electrons. The van der Waals surface area contributed by atoms with Crippen molar-refractivity contribution in [2.24, 2.45) is 5.41 Å². The predicted octanol–water partition coefficient (Wildman–Crippen LogP) is 12.8. The molecule has 0 aliphatic carbocycles. The summed E-state index contributed by atoms with van der Waals surface area (Å²) in [5.41, 5.74) is -0.354. The fourth-order valence-corrected chi connectivity index (χ4v) is 4.69. The van der Waals surface area contributed by atoms with Gasteiger partial charge in [0.2, 0.25) is 0 Å². The highest BCUT2D eigenvalue weighted by molar-refractivity contribution is 5.69. The molecule has 0 aromatic carbocycles. The van der Waals surface area contributed by atoms with Gasteiger partial charge in [0, 0.05) is 24.8 Å². The molecule has 0 aliphatic heterocycles. The van der Waals surface area contributed by atoms with E-state index in [0.717, 1.165) is 32.1 Å². The highest BCUT2D eigenvalue weighted by atomic mass is 16.7. The van der Waals surface area contributed by atoms with Crippen molar-refractivity contribution < 1.29 is 29.0 Å². The van der Waals surface area contributed by atoms with Gasteiger partial charge in [-0.05, 0) is 59.3 Å². The van der Waals surface area contributed by atoms with Gasteiger partial charge in [-0.2, -0.15) is 0 Å². The monoisotopic (exact) mass is 704 g/mol. The van der Waals surface area contributed by atoms with Crippen LogP contribution in [0.2, 0.25) is 0 Å². The van der Waals surface area contributed by atoms with Gasteiger partial charge >= 0.3 is 11.9 Å². The molecule has 7 heteroatoms. The van der Waals surface area contributed by atoms with E-state index in [1.807, 2.05) is 39.7 Å². The number of unbranched alkanes of at least 4 members (excludes halogenated alkanes) is 11. The number of nitrogens with zero attached hydrogens (tertiary/aromatic N) is 1. The van der Waals surface area contributed by atoms with Gasteiger partial charge in [-0.25, -0.2) is 0 Å². The Balaban J connectivity index is -0.000000380. The van der Waals surface area contributed by atoms with Crippen LogP contribution in [0, 0.1) is 5.41 Å². The third-order valence-corrected chi connectivity index (χ3v) is 9.35. The minimum atomic E-state index is -1.07. The van der Waals surface area contributed by atoms with E-state index in [9.17, 15) is 14.7 Å². The Hall–Kier alpha value is -1.18. The molecule has 2 atom stereocenters. The maximum Gasteiger partial charge on any atom is 0.322 e. The highest BCUT2D eigenvalue weighted by Crippen LogP contribution is 2.27. The van der Waals surface area contributed by atoms with Gasteiger partial charge < -0.3 is 19.4 Å². The average molecular weight is 704 g/mol. The lowest BCUT2D eigenvalue weighted by molar-refractivity contribution is -0.230. The first-order valence-corrected chi connectivity index (χ1v) is 20.6. The zero-order valence-corrected chi connectivity index (χ0v) is 35.9. The number of aliphatic hydroxyl groups is 1. The molecule has 0 saturated heterocycles. The van der Waals surface area contributed by atoms with E-state index in [0.29, 0.717) is 32.5 Å². The fourth-order valence-electron chi connectivity index (χ4n) is 4.69. The van der Waals surface area contributed by atoms with Crippen molar-refractivity contribution in [3.63, 3.8) is 0 Å². The summed E-state index contributed by atoms with van der Waals surface area (Å²) in [4.78, 5) is 28.2. The third-order valence-electron chi connectivity index (χ3n) is 9.35. The number of carbonyl (C=O) groups excluding carboxylic acids is 2. The molecule has 1 N–H and O–H groups in total. The lowest BCUT2D eigenvalue weighted by Crippen LogP contribution is -2.49. The molecule has 0 aromatic heterocycles. The minimum absolute atomic E-state index is 0.0961. The summed E-state index contributed by atoms with van der Waals surface area (Å²) in [6, 6.07) is 0.258. The number of hydrogen-bond donors (Lipinski definition) is 1. The molecule has 2 unspecified atom stereocenters. The quantitative estimate of drug-likeness (QED) is 0.0415. The maximum absolute atomic E-state index is 12.0. The third kappa shape index (κ3) is 32.5. The normalized spacial score (nSPS) is 13.1. The summed E-state index contributed by atoms with van der Waals surface area (Å²) >= 11 is 0. The number of esters is 1. The Bertz CT molecular complexity index is 720. The zero-order chi connectivity index (χ0) is 38.8. The second-order valence-electron chi connectivity index (χ2n) is 14.4. The van der Waals surface area contributed by atoms with E-state index in [2.05, 4.69) is 62.3 Å². The van der Waals surface area contributed by atoms with E-state index in [-0.39, 0.29) is 28.9 Å². The van der Waals surface area contributed by atoms with Crippen molar-refractivity contribution in [1.29, 1.82) is 0 Å². The van der Waals surface area contributed by atoms with Crippen LogP contribution in [0.5, 0.6) is 0 Å². The van der Waals surface area contributed by atoms with Crippen molar-refractivity contribution in [2.75, 3.05) is 13.2 Å². The van der Waals surface area contributed by atoms with Gasteiger partial charge in [0.05, 0.1) is 18.8 Å². The van der Waals surface area contributed by atoms with E-state index < -0.39 is 5.79 Å². The molecule has 0 radical (unpaired) electrons. The Kier molecular flexibility index (Phi) is 39.3. The second kappa shape index (κ2) is 35.2. The van der Waals surface area contributed by atoms with Crippen molar-refractivity contribution in [3.8, 4) is 0 Å². The molecule has 0 aromatic rings. The highest BCUT2D eigenvalue weighted by Gasteiger charge is 2.32. The standard InChI is InChI=1S/C23H46O4.C11H23NO2.C6H14.C2H6/c1-6-10-11-12-13-14-15-16-17-18-21(24)26-19-22(5,7-2)20-27-23(25,8-3)9-4;1-7-9(3)12(14-10(4)13)11(5,6)8-2;1-3-5-6-4-2;1-2/h25H,6-20H2,1-5H3;9H,7-8H2,1-6H3;3-6H2,1-2H3;1-2H3. The SMILES string of the molecule is CC.CCC(C)N(OC(C)=O)C(C)(C)CC.CCCCCC.CCCCCCCCCCCC(=O)OCC(C)(CC)COC(O)(CC)CC. The molecular weight excluding hydrogens is 614 g/mol. The Morgan fingerprint density at radius 3 is 1.45 bits per heavy atom. The van der Waals surface area contributed by atoms with Gasteiger partial charge in [0.15, 0.2) is 5.79 Å². The van der Waals surface area contributed by atoms with E-state index in [4.69, 9.17) is 14.3 Å². The van der Waals surface area contributed by atoms with Crippen LogP contribution in [0.15, 0.2) is 0 Å². The van der Waals surface area contributed by atoms with Crippen LogP contribution in [0.1, 0.15) is 226 Å². The van der Waals surface area contributed by atoms with Crippen LogP contribution in [0.4, 0.5) is 0 Å². The molecule has 0 amide bonds. The van der Waals surface area contributed by atoms with Gasteiger partial charge in [0.25, 0.3) is 0 Å². The van der Waals surface area contributed by atoms with Crippen molar-refractivity contribution in [2.45, 2.75) is 243 Å². The molecule has 0 saturated carbocycles. The zero-order valence-electron chi connectivity index (χ0n) is 35.9. The van der Waals surface area contributed by atoms with Crippen LogP contribution in [-0.2, 0) is 23.9 Å². The summed E-state index contributed by atoms with van der Waals surface area (Å²) < 4.78 is 11.2. The molecule has 7 nitrogen and oxygen atoms in total. The lowest BCUT2D eigenvalue weighted by atomic mass is 9.89. The van der Waals surface area contributed by atoms with Gasteiger partial charge in [0.1, 0.15) is 0 Å². The Labute approximate surface area is 307 Å². The molecule has 0 aliphatic rings. The Morgan fingerprint density at radius 1 is 0.653 bits per heavy atom. The number of hydrogen-bond acceptors (Lipinski definition) is 7. The molecule has 0 bridgehead atoms. The van der Waals surface area contributed by atoms with Gasteiger partial charge in [-0.15, -0.1) is 5.06 Å². The Morgan fingerprint density at radius 2 is 1.08 bits per heavy atom. The maximum atomic E-state index is 12.0. The number of hydroxylamine groups is 2. The summed E-state index contributed by atoms with van der Waals surface area (Å²) in [7, 11) is 0. The number of rotatable bonds is 26. The lowest BCUT2D eigenvalue weighted by Gasteiger charge is -2.39.